The van der Waals surface area contributed by atoms with E-state index in [0.717, 1.165) is 17.7 Å². The van der Waals surface area contributed by atoms with E-state index >= 15 is 0 Å². The second-order valence-corrected chi connectivity index (χ2v) is 6.44. The van der Waals surface area contributed by atoms with Gasteiger partial charge in [-0.25, -0.2) is 0 Å². The minimum absolute atomic E-state index is 0.0715. The molecule has 24 heavy (non-hydrogen) atoms. The molecule has 1 aromatic carbocycles. The van der Waals surface area contributed by atoms with E-state index in [1.165, 1.54) is 0 Å². The van der Waals surface area contributed by atoms with E-state index in [9.17, 15) is 9.90 Å². The average Bonchev–Trinajstić information content (AvgIpc) is 3.18. The summed E-state index contributed by atoms with van der Waals surface area (Å²) in [4.78, 5) is 14.5. The Kier molecular flexibility index (Phi) is 4.92. The molecule has 0 radical (unpaired) electrons. The molecular weight excluding hydrogens is 306 g/mol. The Balaban J connectivity index is 1.67. The van der Waals surface area contributed by atoms with Gasteiger partial charge in [0.1, 0.15) is 0 Å². The number of rotatable bonds is 6. The van der Waals surface area contributed by atoms with E-state index < -0.39 is 0 Å². The largest absolute Gasteiger partial charge is 0.396 e. The van der Waals surface area contributed by atoms with E-state index in [2.05, 4.69) is 15.6 Å². The van der Waals surface area contributed by atoms with Crippen LogP contribution in [0.3, 0.4) is 0 Å². The first-order valence-corrected chi connectivity index (χ1v) is 8.14. The van der Waals surface area contributed by atoms with Crippen molar-refractivity contribution < 1.29 is 9.90 Å². The topological polar surface area (TPSA) is 83.3 Å². The van der Waals surface area contributed by atoms with Gasteiger partial charge >= 0.3 is 0 Å². The molecule has 2 aromatic rings. The summed E-state index contributed by atoms with van der Waals surface area (Å²) in [5.74, 6) is -0.160. The molecule has 1 amide bonds. The van der Waals surface area contributed by atoms with Crippen LogP contribution in [-0.2, 0) is 6.54 Å². The fourth-order valence-electron chi connectivity index (χ4n) is 3.09. The highest BCUT2D eigenvalue weighted by atomic mass is 16.3. The van der Waals surface area contributed by atoms with Gasteiger partial charge in [-0.15, -0.1) is 5.10 Å². The van der Waals surface area contributed by atoms with Gasteiger partial charge in [0.15, 0.2) is 5.69 Å². The number of aliphatic hydroxyl groups excluding tert-OH is 1. The molecule has 3 rings (SSSR count). The van der Waals surface area contributed by atoms with Crippen LogP contribution < -0.4 is 5.32 Å². The highest BCUT2D eigenvalue weighted by Crippen LogP contribution is 2.39. The van der Waals surface area contributed by atoms with Gasteiger partial charge in [-0.05, 0) is 31.6 Å². The number of carbonyl (C=O) groups excluding carboxylic acids is 1. The third-order valence-corrected chi connectivity index (χ3v) is 4.40. The number of hydrogen-bond acceptors (Lipinski definition) is 5. The van der Waals surface area contributed by atoms with Crippen LogP contribution in [0, 0.1) is 0 Å². The lowest BCUT2D eigenvalue weighted by atomic mass is 10.0. The molecule has 1 heterocycles. The SMILES string of the molecule is CN(C)CCn1cc(C(=O)N[C@@H]2C[C@H](CO)c3ccccc32)nn1. The number of nitrogens with one attached hydrogen (secondary N) is 1. The summed E-state index contributed by atoms with van der Waals surface area (Å²) in [5, 5.41) is 20.5. The average molecular weight is 329 g/mol. The molecule has 0 aliphatic heterocycles. The van der Waals surface area contributed by atoms with E-state index in [0.29, 0.717) is 18.7 Å². The molecule has 2 atom stereocenters. The zero-order valence-electron chi connectivity index (χ0n) is 14.0. The van der Waals surface area contributed by atoms with Crippen molar-refractivity contribution in [3.63, 3.8) is 0 Å². The van der Waals surface area contributed by atoms with Gasteiger partial charge in [-0.1, -0.05) is 29.5 Å². The van der Waals surface area contributed by atoms with E-state index in [4.69, 9.17) is 0 Å². The smallest absolute Gasteiger partial charge is 0.273 e. The summed E-state index contributed by atoms with van der Waals surface area (Å²) in [6.45, 7) is 1.61. The number of nitrogens with zero attached hydrogens (tertiary/aromatic N) is 4. The summed E-state index contributed by atoms with van der Waals surface area (Å²) in [6.07, 6.45) is 2.37. The number of hydrogen-bond donors (Lipinski definition) is 2. The molecular formula is C17H23N5O2. The fourth-order valence-corrected chi connectivity index (χ4v) is 3.09. The number of fused-ring (bicyclic) bond motifs is 1. The molecule has 0 saturated heterocycles. The van der Waals surface area contributed by atoms with E-state index in [1.807, 2.05) is 43.3 Å². The first kappa shape index (κ1) is 16.6. The van der Waals surface area contributed by atoms with Crippen molar-refractivity contribution in [2.75, 3.05) is 27.2 Å². The number of benzene rings is 1. The second-order valence-electron chi connectivity index (χ2n) is 6.44. The Morgan fingerprint density at radius 2 is 2.12 bits per heavy atom. The zero-order chi connectivity index (χ0) is 17.1. The molecule has 1 aromatic heterocycles. The van der Waals surface area contributed by atoms with Crippen molar-refractivity contribution in [3.05, 3.63) is 47.3 Å². The lowest BCUT2D eigenvalue weighted by molar-refractivity contribution is 0.0929. The van der Waals surface area contributed by atoms with Crippen molar-refractivity contribution >= 4 is 5.91 Å². The Bertz CT molecular complexity index is 713. The van der Waals surface area contributed by atoms with Crippen LogP contribution in [-0.4, -0.2) is 58.2 Å². The quantitative estimate of drug-likeness (QED) is 0.819. The molecule has 1 aliphatic rings. The highest BCUT2D eigenvalue weighted by Gasteiger charge is 2.31. The maximum absolute atomic E-state index is 12.5. The van der Waals surface area contributed by atoms with Crippen molar-refractivity contribution in [2.45, 2.75) is 24.9 Å². The van der Waals surface area contributed by atoms with Gasteiger partial charge < -0.3 is 15.3 Å². The minimum Gasteiger partial charge on any atom is -0.396 e. The van der Waals surface area contributed by atoms with Gasteiger partial charge in [-0.3, -0.25) is 9.48 Å². The molecule has 7 nitrogen and oxygen atoms in total. The number of aromatic nitrogens is 3. The van der Waals surface area contributed by atoms with Crippen LogP contribution in [0.5, 0.6) is 0 Å². The third kappa shape index (κ3) is 3.47. The maximum Gasteiger partial charge on any atom is 0.273 e. The third-order valence-electron chi connectivity index (χ3n) is 4.40. The van der Waals surface area contributed by atoms with Gasteiger partial charge in [0.2, 0.25) is 0 Å². The predicted molar refractivity (Wildman–Crippen MR) is 89.7 cm³/mol. The van der Waals surface area contributed by atoms with Crippen LogP contribution in [0.2, 0.25) is 0 Å². The van der Waals surface area contributed by atoms with Gasteiger partial charge in [0, 0.05) is 12.5 Å². The lowest BCUT2D eigenvalue weighted by Crippen LogP contribution is -2.27. The Labute approximate surface area is 141 Å². The first-order chi connectivity index (χ1) is 11.6. The van der Waals surface area contributed by atoms with Crippen molar-refractivity contribution in [1.82, 2.24) is 25.2 Å². The normalized spacial score (nSPS) is 19.5. The zero-order valence-corrected chi connectivity index (χ0v) is 14.0. The molecule has 0 spiro atoms. The van der Waals surface area contributed by atoms with Crippen molar-refractivity contribution in [2.24, 2.45) is 0 Å². The molecule has 2 N–H and O–H groups in total. The van der Waals surface area contributed by atoms with Crippen LogP contribution in [0.25, 0.3) is 0 Å². The van der Waals surface area contributed by atoms with Gasteiger partial charge in [-0.2, -0.15) is 0 Å². The summed E-state index contributed by atoms with van der Waals surface area (Å²) in [6, 6.07) is 7.83. The molecule has 128 valence electrons. The monoisotopic (exact) mass is 329 g/mol. The number of carbonyl (C=O) groups is 1. The molecule has 7 heteroatoms. The van der Waals surface area contributed by atoms with E-state index in [-0.39, 0.29) is 24.5 Å². The minimum atomic E-state index is -0.232. The Morgan fingerprint density at radius 3 is 2.83 bits per heavy atom. The molecule has 0 saturated carbocycles. The summed E-state index contributed by atoms with van der Waals surface area (Å²) >= 11 is 0. The molecule has 0 bridgehead atoms. The molecule has 0 unspecified atom stereocenters. The Hall–Kier alpha value is -2.25. The van der Waals surface area contributed by atoms with Crippen molar-refractivity contribution in [3.8, 4) is 0 Å². The predicted octanol–water partition coefficient (Wildman–Crippen LogP) is 0.790. The molecule has 0 fully saturated rings. The van der Waals surface area contributed by atoms with Crippen LogP contribution in [0.4, 0.5) is 0 Å². The second kappa shape index (κ2) is 7.11. The van der Waals surface area contributed by atoms with Crippen LogP contribution in [0.1, 0.15) is 40.0 Å². The number of amides is 1. The standard InChI is InChI=1S/C17H23N5O2/c1-21(2)7-8-22-10-16(19-20-22)17(24)18-15-9-12(11-23)13-5-3-4-6-14(13)15/h3-6,10,12,15,23H,7-9,11H2,1-2H3,(H,18,24)/t12-,15-/m1/s1. The van der Waals surface area contributed by atoms with E-state index in [1.54, 1.807) is 10.9 Å². The first-order valence-electron chi connectivity index (χ1n) is 8.14. The summed E-state index contributed by atoms with van der Waals surface area (Å²) in [7, 11) is 3.97. The van der Waals surface area contributed by atoms with Gasteiger partial charge in [0.25, 0.3) is 5.91 Å². The lowest BCUT2D eigenvalue weighted by Gasteiger charge is -2.13. The number of aliphatic hydroxyl groups is 1. The number of likely N-dealkylation sites (N-methyl/N-ethyl adjacent to an activating group) is 1. The maximum atomic E-state index is 12.5. The van der Waals surface area contributed by atoms with Gasteiger partial charge in [0.05, 0.1) is 25.4 Å². The van der Waals surface area contributed by atoms with Crippen molar-refractivity contribution in [1.29, 1.82) is 0 Å². The molecule has 1 aliphatic carbocycles. The summed E-state index contributed by atoms with van der Waals surface area (Å²) in [5.41, 5.74) is 2.50. The Morgan fingerprint density at radius 1 is 1.38 bits per heavy atom. The highest BCUT2D eigenvalue weighted by molar-refractivity contribution is 5.92. The van der Waals surface area contributed by atoms with Crippen LogP contribution in [0.15, 0.2) is 30.5 Å². The fraction of sp³-hybridized carbons (Fsp3) is 0.471. The summed E-state index contributed by atoms with van der Waals surface area (Å²) < 4.78 is 1.67. The van der Waals surface area contributed by atoms with Crippen LogP contribution >= 0.6 is 0 Å².